The number of sulfonamides is 1. The topological polar surface area (TPSA) is 93.3 Å². The molecule has 148 valence electrons. The van der Waals surface area contributed by atoms with E-state index in [-0.39, 0.29) is 4.90 Å². The van der Waals surface area contributed by atoms with E-state index in [2.05, 4.69) is 14.7 Å². The zero-order valence-electron chi connectivity index (χ0n) is 15.8. The second-order valence-electron chi connectivity index (χ2n) is 6.31. The van der Waals surface area contributed by atoms with E-state index < -0.39 is 10.0 Å². The Morgan fingerprint density at radius 2 is 1.69 bits per heavy atom. The van der Waals surface area contributed by atoms with Crippen LogP contribution in [0.1, 0.15) is 0 Å². The third-order valence-corrected chi connectivity index (χ3v) is 5.93. The summed E-state index contributed by atoms with van der Waals surface area (Å²) in [5.74, 6) is 1.23. The maximum absolute atomic E-state index is 12.7. The molecule has 0 saturated heterocycles. The third kappa shape index (κ3) is 3.62. The number of aromatic nitrogens is 2. The number of hydrogen-bond donors (Lipinski definition) is 2. The van der Waals surface area contributed by atoms with Crippen LogP contribution in [0.5, 0.6) is 11.5 Å². The summed E-state index contributed by atoms with van der Waals surface area (Å²) in [5, 5.41) is 0.664. The Labute approximate surface area is 168 Å². The van der Waals surface area contributed by atoms with Crippen molar-refractivity contribution in [3.63, 3.8) is 0 Å². The minimum absolute atomic E-state index is 0.193. The molecule has 29 heavy (non-hydrogen) atoms. The van der Waals surface area contributed by atoms with Gasteiger partial charge in [-0.25, -0.2) is 13.4 Å². The van der Waals surface area contributed by atoms with Gasteiger partial charge in [0.1, 0.15) is 5.65 Å². The molecule has 8 heteroatoms. The average molecular weight is 409 g/mol. The molecule has 0 aliphatic rings. The average Bonchev–Trinajstić information content (AvgIpc) is 3.15. The van der Waals surface area contributed by atoms with Crippen molar-refractivity contribution in [2.45, 2.75) is 4.90 Å². The van der Waals surface area contributed by atoms with Gasteiger partial charge >= 0.3 is 0 Å². The molecule has 0 spiro atoms. The zero-order chi connectivity index (χ0) is 20.4. The number of methoxy groups -OCH3 is 2. The first-order valence-corrected chi connectivity index (χ1v) is 10.3. The standard InChI is InChI=1S/C21H19N3O4S/c1-27-19-9-8-14(11-20(19)28-2)15-10-17-18(13-23-21(17)22-12-15)24-29(25,26)16-6-4-3-5-7-16/h3-13,24H,1-2H3,(H,22,23). The summed E-state index contributed by atoms with van der Waals surface area (Å²) >= 11 is 0. The normalized spacial score (nSPS) is 11.4. The maximum atomic E-state index is 12.7. The van der Waals surface area contributed by atoms with Crippen molar-refractivity contribution in [1.82, 2.24) is 9.97 Å². The van der Waals surface area contributed by atoms with E-state index in [1.807, 2.05) is 24.3 Å². The SMILES string of the molecule is COc1ccc(-c2cnc3[nH]cc(NS(=O)(=O)c4ccccc4)c3c2)cc1OC. The fraction of sp³-hybridized carbons (Fsp3) is 0.0952. The van der Waals surface area contributed by atoms with E-state index in [9.17, 15) is 8.42 Å². The summed E-state index contributed by atoms with van der Waals surface area (Å²) in [6.07, 6.45) is 3.31. The molecule has 0 aliphatic carbocycles. The van der Waals surface area contributed by atoms with E-state index in [0.717, 1.165) is 11.1 Å². The number of aromatic amines is 1. The lowest BCUT2D eigenvalue weighted by Gasteiger charge is -2.10. The van der Waals surface area contributed by atoms with Crippen LogP contribution in [-0.4, -0.2) is 32.6 Å². The predicted molar refractivity (Wildman–Crippen MR) is 112 cm³/mol. The number of H-pyrrole nitrogens is 1. The van der Waals surface area contributed by atoms with Gasteiger partial charge in [0, 0.05) is 23.3 Å². The molecule has 4 aromatic rings. The lowest BCUT2D eigenvalue weighted by atomic mass is 10.1. The highest BCUT2D eigenvalue weighted by Crippen LogP contribution is 2.34. The van der Waals surface area contributed by atoms with Crippen LogP contribution in [0.25, 0.3) is 22.2 Å². The highest BCUT2D eigenvalue weighted by Gasteiger charge is 2.17. The number of pyridine rings is 1. The molecule has 0 saturated carbocycles. The Hall–Kier alpha value is -3.52. The van der Waals surface area contributed by atoms with E-state index in [1.165, 1.54) is 0 Å². The van der Waals surface area contributed by atoms with Gasteiger partial charge in [-0.3, -0.25) is 4.72 Å². The number of rotatable bonds is 6. The van der Waals surface area contributed by atoms with E-state index in [0.29, 0.717) is 28.2 Å². The van der Waals surface area contributed by atoms with Gasteiger partial charge in [-0.2, -0.15) is 0 Å². The van der Waals surface area contributed by atoms with Crippen LogP contribution in [0, 0.1) is 0 Å². The molecule has 0 atom stereocenters. The second-order valence-corrected chi connectivity index (χ2v) is 7.99. The molecular weight excluding hydrogens is 390 g/mol. The Kier molecular flexibility index (Phi) is 4.85. The first-order chi connectivity index (χ1) is 14.0. The highest BCUT2D eigenvalue weighted by molar-refractivity contribution is 7.92. The molecule has 2 aromatic carbocycles. The summed E-state index contributed by atoms with van der Waals surface area (Å²) < 4.78 is 38.6. The van der Waals surface area contributed by atoms with Crippen LogP contribution < -0.4 is 14.2 Å². The van der Waals surface area contributed by atoms with Gasteiger partial charge in [0.05, 0.1) is 24.8 Å². The fourth-order valence-electron chi connectivity index (χ4n) is 3.06. The molecule has 4 rings (SSSR count). The van der Waals surface area contributed by atoms with Crippen molar-refractivity contribution in [3.8, 4) is 22.6 Å². The quantitative estimate of drug-likeness (QED) is 0.501. The lowest BCUT2D eigenvalue weighted by molar-refractivity contribution is 0.355. The summed E-state index contributed by atoms with van der Waals surface area (Å²) in [4.78, 5) is 7.61. The van der Waals surface area contributed by atoms with Crippen molar-refractivity contribution in [2.24, 2.45) is 0 Å². The van der Waals surface area contributed by atoms with E-state index in [1.54, 1.807) is 56.9 Å². The Morgan fingerprint density at radius 3 is 2.41 bits per heavy atom. The second kappa shape index (κ2) is 7.48. The molecule has 0 radical (unpaired) electrons. The maximum Gasteiger partial charge on any atom is 0.261 e. The van der Waals surface area contributed by atoms with Gasteiger partial charge in [0.15, 0.2) is 11.5 Å². The molecular formula is C21H19N3O4S. The predicted octanol–water partition coefficient (Wildman–Crippen LogP) is 4.05. The number of fused-ring (bicyclic) bond motifs is 1. The van der Waals surface area contributed by atoms with Gasteiger partial charge in [0.2, 0.25) is 0 Å². The van der Waals surface area contributed by atoms with Crippen LogP contribution in [0.4, 0.5) is 5.69 Å². The Morgan fingerprint density at radius 1 is 0.931 bits per heavy atom. The summed E-state index contributed by atoms with van der Waals surface area (Å²) in [5.41, 5.74) is 2.70. The fourth-order valence-corrected chi connectivity index (χ4v) is 4.16. The van der Waals surface area contributed by atoms with Gasteiger partial charge in [-0.15, -0.1) is 0 Å². The first-order valence-electron chi connectivity index (χ1n) is 8.79. The lowest BCUT2D eigenvalue weighted by Crippen LogP contribution is -2.12. The van der Waals surface area contributed by atoms with Crippen LogP contribution in [0.2, 0.25) is 0 Å². The largest absolute Gasteiger partial charge is 0.493 e. The minimum atomic E-state index is -3.71. The van der Waals surface area contributed by atoms with Crippen molar-refractivity contribution >= 4 is 26.7 Å². The van der Waals surface area contributed by atoms with Gasteiger partial charge in [-0.05, 0) is 35.9 Å². The van der Waals surface area contributed by atoms with E-state index >= 15 is 0 Å². The number of nitrogens with one attached hydrogen (secondary N) is 2. The molecule has 0 bridgehead atoms. The van der Waals surface area contributed by atoms with Crippen molar-refractivity contribution in [2.75, 3.05) is 18.9 Å². The number of nitrogens with zero attached hydrogens (tertiary/aromatic N) is 1. The summed E-state index contributed by atoms with van der Waals surface area (Å²) in [6, 6.07) is 15.7. The molecule has 0 unspecified atom stereocenters. The molecule has 7 nitrogen and oxygen atoms in total. The van der Waals surface area contributed by atoms with Crippen molar-refractivity contribution < 1.29 is 17.9 Å². The Bertz CT molecular complexity index is 1270. The van der Waals surface area contributed by atoms with Gasteiger partial charge in [0.25, 0.3) is 10.0 Å². The van der Waals surface area contributed by atoms with Crippen molar-refractivity contribution in [3.05, 3.63) is 67.0 Å². The zero-order valence-corrected chi connectivity index (χ0v) is 16.7. The molecule has 0 fully saturated rings. The van der Waals surface area contributed by atoms with Crippen LogP contribution in [0.15, 0.2) is 71.9 Å². The number of benzene rings is 2. The first kappa shape index (κ1) is 18.8. The molecule has 2 heterocycles. The van der Waals surface area contributed by atoms with E-state index in [4.69, 9.17) is 9.47 Å². The third-order valence-electron chi connectivity index (χ3n) is 4.55. The van der Waals surface area contributed by atoms with Gasteiger partial charge in [-0.1, -0.05) is 24.3 Å². The van der Waals surface area contributed by atoms with Crippen LogP contribution in [0.3, 0.4) is 0 Å². The van der Waals surface area contributed by atoms with Gasteiger partial charge < -0.3 is 14.5 Å². The van der Waals surface area contributed by atoms with Crippen LogP contribution in [-0.2, 0) is 10.0 Å². The van der Waals surface area contributed by atoms with Crippen molar-refractivity contribution in [1.29, 1.82) is 0 Å². The molecule has 2 N–H and O–H groups in total. The van der Waals surface area contributed by atoms with Crippen LogP contribution >= 0.6 is 0 Å². The minimum Gasteiger partial charge on any atom is -0.493 e. The summed E-state index contributed by atoms with van der Waals surface area (Å²) in [7, 11) is -0.552. The number of hydrogen-bond acceptors (Lipinski definition) is 5. The Balaban J connectivity index is 1.74. The number of anilines is 1. The molecule has 0 aliphatic heterocycles. The highest BCUT2D eigenvalue weighted by atomic mass is 32.2. The number of ether oxygens (including phenoxy) is 2. The summed E-state index contributed by atoms with van der Waals surface area (Å²) in [6.45, 7) is 0. The molecule has 2 aromatic heterocycles. The monoisotopic (exact) mass is 409 g/mol. The smallest absolute Gasteiger partial charge is 0.261 e. The molecule has 0 amide bonds.